The maximum absolute atomic E-state index is 11.3. The van der Waals surface area contributed by atoms with E-state index in [1.807, 2.05) is 6.92 Å². The summed E-state index contributed by atoms with van der Waals surface area (Å²) in [5, 5.41) is 9.24. The normalized spacial score (nSPS) is 26.9. The van der Waals surface area contributed by atoms with Crippen LogP contribution in [0.5, 0.6) is 0 Å². The first-order valence-corrected chi connectivity index (χ1v) is 4.50. The molecule has 0 radical (unpaired) electrons. The van der Waals surface area contributed by atoms with Gasteiger partial charge in [-0.05, 0) is 12.8 Å². The molecule has 1 heterocycles. The van der Waals surface area contributed by atoms with Crippen molar-refractivity contribution in [2.24, 2.45) is 5.92 Å². The van der Waals surface area contributed by atoms with E-state index < -0.39 is 6.10 Å². The summed E-state index contributed by atoms with van der Waals surface area (Å²) in [7, 11) is 0. The van der Waals surface area contributed by atoms with Crippen molar-refractivity contribution in [3.8, 4) is 0 Å². The molecule has 1 rings (SSSR count). The van der Waals surface area contributed by atoms with E-state index in [4.69, 9.17) is 0 Å². The van der Waals surface area contributed by atoms with Crippen LogP contribution in [0.3, 0.4) is 0 Å². The maximum atomic E-state index is 11.3. The lowest BCUT2D eigenvalue weighted by Crippen LogP contribution is -2.38. The molecule has 1 fully saturated rings. The van der Waals surface area contributed by atoms with Crippen LogP contribution in [0.25, 0.3) is 0 Å². The Labute approximate surface area is 73.4 Å². The van der Waals surface area contributed by atoms with E-state index in [1.54, 1.807) is 4.90 Å². The predicted molar refractivity (Wildman–Crippen MR) is 46.6 cm³/mol. The average Bonchev–Trinajstić information content (AvgIpc) is 2.28. The second-order valence-corrected chi connectivity index (χ2v) is 3.89. The summed E-state index contributed by atoms with van der Waals surface area (Å²) in [6.07, 6.45) is -0.143. The van der Waals surface area contributed by atoms with Crippen molar-refractivity contribution in [3.63, 3.8) is 0 Å². The summed E-state index contributed by atoms with van der Waals surface area (Å²) in [5.41, 5.74) is 0. The highest BCUT2D eigenvalue weighted by atomic mass is 16.3. The van der Waals surface area contributed by atoms with Gasteiger partial charge in [-0.15, -0.1) is 0 Å². The van der Waals surface area contributed by atoms with E-state index in [2.05, 4.69) is 13.8 Å². The van der Waals surface area contributed by atoms with E-state index in [1.165, 1.54) is 0 Å². The van der Waals surface area contributed by atoms with Crippen molar-refractivity contribution in [1.82, 2.24) is 4.90 Å². The zero-order valence-corrected chi connectivity index (χ0v) is 7.95. The van der Waals surface area contributed by atoms with Gasteiger partial charge in [0.1, 0.15) is 0 Å². The van der Waals surface area contributed by atoms with Gasteiger partial charge in [0, 0.05) is 12.6 Å². The molecule has 70 valence electrons. The Morgan fingerprint density at radius 3 is 2.42 bits per heavy atom. The lowest BCUT2D eigenvalue weighted by Gasteiger charge is -2.27. The Kier molecular flexibility index (Phi) is 2.73. The van der Waals surface area contributed by atoms with Gasteiger partial charge in [-0.2, -0.15) is 0 Å². The number of carbonyl (C=O) groups excluding carboxylic acids is 1. The zero-order chi connectivity index (χ0) is 9.30. The van der Waals surface area contributed by atoms with Gasteiger partial charge in [0.25, 0.3) is 0 Å². The Morgan fingerprint density at radius 2 is 2.08 bits per heavy atom. The second-order valence-electron chi connectivity index (χ2n) is 3.89. The number of nitrogens with zero attached hydrogens (tertiary/aromatic N) is 1. The van der Waals surface area contributed by atoms with Crippen LogP contribution in [-0.4, -0.2) is 34.6 Å². The molecule has 0 unspecified atom stereocenters. The Balaban J connectivity index is 2.58. The minimum atomic E-state index is -0.446. The van der Waals surface area contributed by atoms with Crippen LogP contribution in [0.1, 0.15) is 27.2 Å². The number of hydrogen-bond acceptors (Lipinski definition) is 2. The first kappa shape index (κ1) is 9.52. The van der Waals surface area contributed by atoms with Gasteiger partial charge in [-0.1, -0.05) is 13.8 Å². The molecular weight excluding hydrogens is 154 g/mol. The first-order chi connectivity index (χ1) is 5.52. The van der Waals surface area contributed by atoms with Gasteiger partial charge in [-0.3, -0.25) is 4.79 Å². The molecule has 0 aliphatic carbocycles. The number of aliphatic hydroxyl groups excluding tert-OH is 1. The molecule has 0 bridgehead atoms. The highest BCUT2D eigenvalue weighted by Crippen LogP contribution is 2.18. The molecule has 1 saturated heterocycles. The number of rotatable bonds is 2. The van der Waals surface area contributed by atoms with Crippen LogP contribution in [0.2, 0.25) is 0 Å². The van der Waals surface area contributed by atoms with Gasteiger partial charge in [-0.25, -0.2) is 0 Å². The number of likely N-dealkylation sites (tertiary alicyclic amines) is 1. The SMILES string of the molecule is CC(C)[C@@H](C)N1C[C@H](O)CC1=O. The second kappa shape index (κ2) is 3.44. The van der Waals surface area contributed by atoms with Crippen molar-refractivity contribution >= 4 is 5.91 Å². The summed E-state index contributed by atoms with van der Waals surface area (Å²) in [6, 6.07) is 0.245. The fraction of sp³-hybridized carbons (Fsp3) is 0.889. The molecule has 3 nitrogen and oxygen atoms in total. The lowest BCUT2D eigenvalue weighted by molar-refractivity contribution is -0.130. The smallest absolute Gasteiger partial charge is 0.225 e. The molecule has 0 aromatic rings. The molecule has 2 atom stereocenters. The van der Waals surface area contributed by atoms with Gasteiger partial charge in [0.2, 0.25) is 5.91 Å². The average molecular weight is 171 g/mol. The summed E-state index contributed by atoms with van der Waals surface area (Å²) in [5.74, 6) is 0.544. The standard InChI is InChI=1S/C9H17NO2/c1-6(2)7(3)10-5-8(11)4-9(10)12/h6-8,11H,4-5H2,1-3H3/t7-,8-/m1/s1. The molecule has 1 amide bonds. The van der Waals surface area contributed by atoms with Gasteiger partial charge in [0.05, 0.1) is 12.5 Å². The zero-order valence-electron chi connectivity index (χ0n) is 7.95. The predicted octanol–water partition coefficient (Wildman–Crippen LogP) is 0.624. The molecule has 1 N–H and O–H groups in total. The third kappa shape index (κ3) is 1.78. The van der Waals surface area contributed by atoms with E-state index in [0.717, 1.165) is 0 Å². The first-order valence-electron chi connectivity index (χ1n) is 4.50. The van der Waals surface area contributed by atoms with Crippen molar-refractivity contribution in [3.05, 3.63) is 0 Å². The summed E-state index contributed by atoms with van der Waals surface area (Å²) >= 11 is 0. The van der Waals surface area contributed by atoms with Crippen LogP contribution in [0.4, 0.5) is 0 Å². The Bertz CT molecular complexity index is 179. The van der Waals surface area contributed by atoms with Crippen molar-refractivity contribution in [2.45, 2.75) is 39.3 Å². The molecule has 0 aromatic heterocycles. The largest absolute Gasteiger partial charge is 0.391 e. The number of hydrogen-bond donors (Lipinski definition) is 1. The van der Waals surface area contributed by atoms with E-state index in [-0.39, 0.29) is 11.9 Å². The van der Waals surface area contributed by atoms with E-state index >= 15 is 0 Å². The maximum Gasteiger partial charge on any atom is 0.225 e. The minimum Gasteiger partial charge on any atom is -0.391 e. The lowest BCUT2D eigenvalue weighted by atomic mass is 10.1. The highest BCUT2D eigenvalue weighted by Gasteiger charge is 2.32. The monoisotopic (exact) mass is 171 g/mol. The summed E-state index contributed by atoms with van der Waals surface area (Å²) in [4.78, 5) is 13.1. The van der Waals surface area contributed by atoms with Crippen LogP contribution in [-0.2, 0) is 4.79 Å². The Hall–Kier alpha value is -0.570. The van der Waals surface area contributed by atoms with Crippen molar-refractivity contribution in [1.29, 1.82) is 0 Å². The molecule has 1 aliphatic heterocycles. The molecule has 0 aromatic carbocycles. The fourth-order valence-electron chi connectivity index (χ4n) is 1.47. The third-order valence-corrected chi connectivity index (χ3v) is 2.59. The third-order valence-electron chi connectivity index (χ3n) is 2.59. The van der Waals surface area contributed by atoms with Crippen LogP contribution in [0, 0.1) is 5.92 Å². The van der Waals surface area contributed by atoms with Crippen molar-refractivity contribution in [2.75, 3.05) is 6.54 Å². The Morgan fingerprint density at radius 1 is 1.50 bits per heavy atom. The molecule has 3 heteroatoms. The number of aliphatic hydroxyl groups is 1. The van der Waals surface area contributed by atoms with Gasteiger partial charge in [0.15, 0.2) is 0 Å². The highest BCUT2D eigenvalue weighted by molar-refractivity contribution is 5.79. The molecule has 12 heavy (non-hydrogen) atoms. The van der Waals surface area contributed by atoms with Gasteiger partial charge < -0.3 is 10.0 Å². The van der Waals surface area contributed by atoms with Gasteiger partial charge >= 0.3 is 0 Å². The topological polar surface area (TPSA) is 40.5 Å². The molecule has 0 saturated carbocycles. The molecular formula is C9H17NO2. The van der Waals surface area contributed by atoms with Crippen LogP contribution < -0.4 is 0 Å². The van der Waals surface area contributed by atoms with Crippen LogP contribution >= 0.6 is 0 Å². The van der Waals surface area contributed by atoms with Crippen LogP contribution in [0.15, 0.2) is 0 Å². The quantitative estimate of drug-likeness (QED) is 0.661. The number of amides is 1. The summed E-state index contributed by atoms with van der Waals surface area (Å²) < 4.78 is 0. The molecule has 1 aliphatic rings. The fourth-order valence-corrected chi connectivity index (χ4v) is 1.47. The van der Waals surface area contributed by atoms with Crippen molar-refractivity contribution < 1.29 is 9.90 Å². The molecule has 0 spiro atoms. The summed E-state index contributed by atoms with van der Waals surface area (Å²) in [6.45, 7) is 6.71. The van der Waals surface area contributed by atoms with E-state index in [9.17, 15) is 9.90 Å². The number of β-amino-alcohol motifs (C(OH)–C–C–N with tert-alkyl or cyclic N) is 1. The number of carbonyl (C=O) groups is 1. The minimum absolute atomic E-state index is 0.0868. The van der Waals surface area contributed by atoms with E-state index in [0.29, 0.717) is 18.9 Å².